The summed E-state index contributed by atoms with van der Waals surface area (Å²) in [6.07, 6.45) is -8.04. The molecule has 206 valence electrons. The van der Waals surface area contributed by atoms with E-state index in [0.717, 1.165) is 12.5 Å². The molecule has 2 heterocycles. The quantitative estimate of drug-likeness (QED) is 0.276. The summed E-state index contributed by atoms with van der Waals surface area (Å²) in [7, 11) is -3.60. The van der Waals surface area contributed by atoms with E-state index in [4.69, 9.17) is 0 Å². The molecule has 4 rings (SSSR count). The zero-order valence-corrected chi connectivity index (χ0v) is 21.6. The summed E-state index contributed by atoms with van der Waals surface area (Å²) < 4.78 is 104. The number of nitrogens with zero attached hydrogens (tertiary/aromatic N) is 2. The van der Waals surface area contributed by atoms with Crippen molar-refractivity contribution in [1.82, 2.24) is 9.97 Å². The molecule has 0 saturated carbocycles. The molecule has 0 fully saturated rings. The number of sulfone groups is 1. The Hall–Kier alpha value is -3.51. The van der Waals surface area contributed by atoms with Gasteiger partial charge in [0.25, 0.3) is 5.60 Å². The van der Waals surface area contributed by atoms with Crippen LogP contribution in [0.1, 0.15) is 25.0 Å². The van der Waals surface area contributed by atoms with Crippen LogP contribution in [-0.2, 0) is 20.2 Å². The van der Waals surface area contributed by atoms with Gasteiger partial charge in [0.2, 0.25) is 0 Å². The Morgan fingerprint density at radius 2 is 1.38 bits per heavy atom. The van der Waals surface area contributed by atoms with Crippen molar-refractivity contribution in [2.45, 2.75) is 36.5 Å². The van der Waals surface area contributed by atoms with E-state index >= 15 is 0 Å². The molecule has 0 aliphatic rings. The summed E-state index contributed by atoms with van der Waals surface area (Å²) in [5, 5.41) is 10.4. The van der Waals surface area contributed by atoms with Crippen LogP contribution in [0.25, 0.3) is 33.2 Å². The monoisotopic (exact) mass is 568 g/mol. The lowest BCUT2D eigenvalue weighted by Gasteiger charge is -2.32. The first-order valence-electron chi connectivity index (χ1n) is 11.4. The van der Waals surface area contributed by atoms with Crippen LogP contribution in [0.2, 0.25) is 0 Å². The Morgan fingerprint density at radius 1 is 0.769 bits per heavy atom. The molecular weight excluding hydrogens is 546 g/mol. The molecule has 2 aromatic heterocycles. The summed E-state index contributed by atoms with van der Waals surface area (Å²) in [6, 6.07) is 13.6. The van der Waals surface area contributed by atoms with Gasteiger partial charge in [-0.25, -0.2) is 8.42 Å². The van der Waals surface area contributed by atoms with Gasteiger partial charge < -0.3 is 5.11 Å². The largest absolute Gasteiger partial charge is 0.430 e. The van der Waals surface area contributed by atoms with Gasteiger partial charge in [0, 0.05) is 41.4 Å². The van der Waals surface area contributed by atoms with Crippen LogP contribution in [-0.4, -0.2) is 42.1 Å². The molecule has 4 aromatic rings. The third kappa shape index (κ3) is 4.87. The van der Waals surface area contributed by atoms with E-state index in [1.807, 2.05) is 0 Å². The second-order valence-electron chi connectivity index (χ2n) is 9.63. The van der Waals surface area contributed by atoms with Crippen molar-refractivity contribution in [3.63, 3.8) is 0 Å². The van der Waals surface area contributed by atoms with Crippen LogP contribution < -0.4 is 0 Å². The maximum absolute atomic E-state index is 13.4. The van der Waals surface area contributed by atoms with Gasteiger partial charge in [0.1, 0.15) is 0 Å². The molecule has 0 radical (unpaired) electrons. The lowest BCUT2D eigenvalue weighted by Crippen LogP contribution is -2.54. The number of halogens is 6. The first-order valence-corrected chi connectivity index (χ1v) is 13.3. The first kappa shape index (κ1) is 28.5. The number of aliphatic hydroxyl groups is 1. The molecule has 0 bridgehead atoms. The highest BCUT2D eigenvalue weighted by Crippen LogP contribution is 2.50. The predicted molar refractivity (Wildman–Crippen MR) is 134 cm³/mol. The Bertz CT molecular complexity index is 1650. The van der Waals surface area contributed by atoms with E-state index in [0.29, 0.717) is 39.9 Å². The molecule has 0 aliphatic heterocycles. The number of hydrogen-bond donors (Lipinski definition) is 1. The lowest BCUT2D eigenvalue weighted by molar-refractivity contribution is -0.376. The minimum Gasteiger partial charge on any atom is -0.369 e. The van der Waals surface area contributed by atoms with Gasteiger partial charge in [0.05, 0.1) is 10.3 Å². The molecule has 0 aliphatic carbocycles. The Morgan fingerprint density at radius 3 is 1.97 bits per heavy atom. The van der Waals surface area contributed by atoms with Crippen molar-refractivity contribution in [2.24, 2.45) is 0 Å². The molecule has 1 N–H and O–H groups in total. The smallest absolute Gasteiger partial charge is 0.369 e. The van der Waals surface area contributed by atoms with Crippen molar-refractivity contribution >= 4 is 20.7 Å². The minimum atomic E-state index is -6.05. The van der Waals surface area contributed by atoms with Crippen LogP contribution in [0, 0.1) is 0 Å². The average molecular weight is 569 g/mol. The van der Waals surface area contributed by atoms with Crippen molar-refractivity contribution in [3.05, 3.63) is 84.3 Å². The van der Waals surface area contributed by atoms with Crippen LogP contribution in [0.3, 0.4) is 0 Å². The van der Waals surface area contributed by atoms with Crippen LogP contribution in [0.4, 0.5) is 26.3 Å². The summed E-state index contributed by atoms with van der Waals surface area (Å²) in [6.45, 7) is 3.09. The summed E-state index contributed by atoms with van der Waals surface area (Å²) in [5.74, 6) is 0. The zero-order chi connectivity index (χ0) is 29.0. The molecule has 0 atom stereocenters. The Kier molecular flexibility index (Phi) is 6.80. The molecule has 2 aromatic carbocycles. The third-order valence-electron chi connectivity index (χ3n) is 6.79. The number of fused-ring (bicyclic) bond motifs is 1. The van der Waals surface area contributed by atoms with Gasteiger partial charge in [-0.2, -0.15) is 26.3 Å². The fourth-order valence-corrected chi connectivity index (χ4v) is 4.73. The van der Waals surface area contributed by atoms with Gasteiger partial charge in [-0.3, -0.25) is 9.97 Å². The van der Waals surface area contributed by atoms with E-state index in [-0.39, 0.29) is 11.1 Å². The van der Waals surface area contributed by atoms with Crippen molar-refractivity contribution in [2.75, 3.05) is 6.26 Å². The molecule has 0 saturated heterocycles. The number of hydrogen-bond acceptors (Lipinski definition) is 5. The van der Waals surface area contributed by atoms with Crippen LogP contribution in [0.5, 0.6) is 0 Å². The highest BCUT2D eigenvalue weighted by Gasteiger charge is 2.71. The second-order valence-corrected chi connectivity index (χ2v) is 12.2. The molecule has 0 spiro atoms. The summed E-state index contributed by atoms with van der Waals surface area (Å²) >= 11 is 0. The molecule has 0 amide bonds. The van der Waals surface area contributed by atoms with E-state index < -0.39 is 38.1 Å². The minimum absolute atomic E-state index is 0.0968. The summed E-state index contributed by atoms with van der Waals surface area (Å²) in [4.78, 5) is 7.89. The number of benzene rings is 2. The molecule has 5 nitrogen and oxygen atoms in total. The van der Waals surface area contributed by atoms with Crippen molar-refractivity contribution in [1.29, 1.82) is 0 Å². The third-order valence-corrected chi connectivity index (χ3v) is 8.86. The fourth-order valence-electron chi connectivity index (χ4n) is 4.18. The van der Waals surface area contributed by atoms with Crippen LogP contribution in [0.15, 0.2) is 73.2 Å². The van der Waals surface area contributed by atoms with E-state index in [1.54, 1.807) is 50.2 Å². The van der Waals surface area contributed by atoms with Gasteiger partial charge >= 0.3 is 12.4 Å². The molecular formula is C27H22F6N2O3S. The highest BCUT2D eigenvalue weighted by molar-refractivity contribution is 7.91. The molecule has 0 unspecified atom stereocenters. The molecule has 39 heavy (non-hydrogen) atoms. The maximum Gasteiger partial charge on any atom is 0.430 e. The SMILES string of the molecule is CC(C)(c1cc(-c2cccc(-c3cncc(C(O)(C(F)(F)F)C(F)(F)F)c3)c2)cc2cccnc12)S(C)(=O)=O. The normalized spacial score (nSPS) is 13.6. The zero-order valence-electron chi connectivity index (χ0n) is 20.8. The number of aromatic nitrogens is 2. The van der Waals surface area contributed by atoms with E-state index in [2.05, 4.69) is 9.97 Å². The predicted octanol–water partition coefficient (Wildman–Crippen LogP) is 6.56. The number of alkyl halides is 6. The lowest BCUT2D eigenvalue weighted by atomic mass is 9.90. The Labute approximate surface area is 220 Å². The topological polar surface area (TPSA) is 80.2 Å². The second kappa shape index (κ2) is 9.30. The summed E-state index contributed by atoms with van der Waals surface area (Å²) in [5.41, 5.74) is -4.50. The number of rotatable bonds is 5. The number of pyridine rings is 2. The first-order chi connectivity index (χ1) is 17.9. The molecule has 12 heteroatoms. The van der Waals surface area contributed by atoms with Gasteiger partial charge in [-0.05, 0) is 66.4 Å². The highest BCUT2D eigenvalue weighted by atomic mass is 32.2. The van der Waals surface area contributed by atoms with Crippen molar-refractivity contribution < 1.29 is 39.9 Å². The fraction of sp³-hybridized carbons (Fsp3) is 0.259. The van der Waals surface area contributed by atoms with E-state index in [1.165, 1.54) is 18.3 Å². The maximum atomic E-state index is 13.4. The van der Waals surface area contributed by atoms with E-state index in [9.17, 15) is 39.9 Å². The van der Waals surface area contributed by atoms with Gasteiger partial charge in [-0.15, -0.1) is 0 Å². The van der Waals surface area contributed by atoms with Gasteiger partial charge in [-0.1, -0.05) is 24.3 Å². The van der Waals surface area contributed by atoms with Crippen LogP contribution >= 0.6 is 0 Å². The standard InChI is InChI=1S/C27H22F6N2O3S/c1-24(2,39(3,37)38)22-13-19(11-18-8-5-9-35-23(18)22)16-6-4-7-17(10-16)20-12-21(15-34-14-20)25(36,26(28,29)30)27(31,32)33/h4-15,36H,1-3H3. The average Bonchev–Trinajstić information content (AvgIpc) is 2.85. The van der Waals surface area contributed by atoms with Gasteiger partial charge in [0.15, 0.2) is 9.84 Å². The Balaban J connectivity index is 1.89. The van der Waals surface area contributed by atoms with Crippen molar-refractivity contribution in [3.8, 4) is 22.3 Å².